The molecule has 2 aromatic rings. The minimum Gasteiger partial charge on any atom is -0.493 e. The largest absolute Gasteiger partial charge is 0.493 e. The third-order valence-electron chi connectivity index (χ3n) is 2.97. The summed E-state index contributed by atoms with van der Waals surface area (Å²) in [6, 6.07) is 5.46. The maximum atomic E-state index is 6.10. The molecule has 4 nitrogen and oxygen atoms in total. The number of rotatable bonds is 5. The average molecular weight is 372 g/mol. The zero-order valence-corrected chi connectivity index (χ0v) is 14.5. The van der Waals surface area contributed by atoms with Crippen molar-refractivity contribution < 1.29 is 9.47 Å². The van der Waals surface area contributed by atoms with Gasteiger partial charge in [-0.2, -0.15) is 0 Å². The molecule has 0 saturated carbocycles. The number of ether oxygens (including phenoxy) is 2. The summed E-state index contributed by atoms with van der Waals surface area (Å²) in [7, 11) is 3.19. The Kier molecular flexibility index (Phi) is 5.42. The van der Waals surface area contributed by atoms with Crippen LogP contribution in [0.4, 0.5) is 0 Å². The summed E-state index contributed by atoms with van der Waals surface area (Å²) in [6.07, 6.45) is 1.86. The molecule has 0 saturated heterocycles. The number of hydrogen-bond donors (Lipinski definition) is 0. The van der Waals surface area contributed by atoms with Crippen LogP contribution in [0.2, 0.25) is 5.15 Å². The first kappa shape index (κ1) is 16.0. The molecule has 0 radical (unpaired) electrons. The van der Waals surface area contributed by atoms with Gasteiger partial charge in [-0.15, -0.1) is 0 Å². The molecular formula is C15H16BrClN2O2. The molecule has 0 atom stereocenters. The minimum absolute atomic E-state index is 0.435. The zero-order valence-electron chi connectivity index (χ0n) is 12.1. The van der Waals surface area contributed by atoms with Gasteiger partial charge in [-0.25, -0.2) is 9.97 Å². The molecule has 6 heteroatoms. The average Bonchev–Trinajstić information content (AvgIpc) is 2.46. The summed E-state index contributed by atoms with van der Waals surface area (Å²) in [5, 5.41) is 0.435. The van der Waals surface area contributed by atoms with Crippen molar-refractivity contribution in [2.75, 3.05) is 14.2 Å². The molecule has 0 aliphatic rings. The lowest BCUT2D eigenvalue weighted by Gasteiger charge is -2.12. The van der Waals surface area contributed by atoms with Gasteiger partial charge < -0.3 is 9.47 Å². The molecule has 21 heavy (non-hydrogen) atoms. The van der Waals surface area contributed by atoms with E-state index < -0.39 is 0 Å². The number of hydrogen-bond acceptors (Lipinski definition) is 4. The van der Waals surface area contributed by atoms with Crippen molar-refractivity contribution in [1.82, 2.24) is 9.97 Å². The van der Waals surface area contributed by atoms with Gasteiger partial charge in [0, 0.05) is 15.7 Å². The van der Waals surface area contributed by atoms with E-state index in [1.165, 1.54) is 0 Å². The van der Waals surface area contributed by atoms with E-state index in [-0.39, 0.29) is 0 Å². The number of benzene rings is 1. The molecular weight excluding hydrogens is 356 g/mol. The highest BCUT2D eigenvalue weighted by Gasteiger charge is 2.14. The standard InChI is InChI=1S/C15H16BrClN2O2/c1-4-5-9-6-14(17)19-15(18-9)10-7-12(20-2)13(21-3)8-11(10)16/h6-8H,4-5H2,1-3H3. The van der Waals surface area contributed by atoms with Gasteiger partial charge in [-0.05, 0) is 40.5 Å². The maximum Gasteiger partial charge on any atom is 0.162 e. The van der Waals surface area contributed by atoms with Crippen molar-refractivity contribution >= 4 is 27.5 Å². The van der Waals surface area contributed by atoms with Crippen LogP contribution in [-0.4, -0.2) is 24.2 Å². The highest BCUT2D eigenvalue weighted by molar-refractivity contribution is 9.10. The van der Waals surface area contributed by atoms with E-state index in [2.05, 4.69) is 32.8 Å². The van der Waals surface area contributed by atoms with E-state index in [9.17, 15) is 0 Å². The van der Waals surface area contributed by atoms with Crippen molar-refractivity contribution in [3.63, 3.8) is 0 Å². The smallest absolute Gasteiger partial charge is 0.162 e. The first-order valence-electron chi connectivity index (χ1n) is 6.54. The minimum atomic E-state index is 0.435. The molecule has 1 aromatic carbocycles. The van der Waals surface area contributed by atoms with Crippen molar-refractivity contribution in [3.05, 3.63) is 33.5 Å². The first-order chi connectivity index (χ1) is 10.1. The van der Waals surface area contributed by atoms with Crippen molar-refractivity contribution in [3.8, 4) is 22.9 Å². The fourth-order valence-corrected chi connectivity index (χ4v) is 2.70. The molecule has 0 amide bonds. The van der Waals surface area contributed by atoms with E-state index >= 15 is 0 Å². The highest BCUT2D eigenvalue weighted by atomic mass is 79.9. The van der Waals surface area contributed by atoms with Crippen molar-refractivity contribution in [2.45, 2.75) is 19.8 Å². The summed E-state index contributed by atoms with van der Waals surface area (Å²) in [6.45, 7) is 2.10. The summed E-state index contributed by atoms with van der Waals surface area (Å²) >= 11 is 9.62. The van der Waals surface area contributed by atoms with Crippen LogP contribution in [0.25, 0.3) is 11.4 Å². The molecule has 0 N–H and O–H groups in total. The Hall–Kier alpha value is -1.33. The lowest BCUT2D eigenvalue weighted by atomic mass is 10.1. The Morgan fingerprint density at radius 3 is 2.38 bits per heavy atom. The monoisotopic (exact) mass is 370 g/mol. The van der Waals surface area contributed by atoms with Crippen molar-refractivity contribution in [1.29, 1.82) is 0 Å². The Balaban J connectivity index is 2.55. The third kappa shape index (κ3) is 3.66. The second-order valence-corrected chi connectivity index (χ2v) is 5.68. The number of methoxy groups -OCH3 is 2. The van der Waals surface area contributed by atoms with Gasteiger partial charge in [0.2, 0.25) is 0 Å². The van der Waals surface area contributed by atoms with Crippen molar-refractivity contribution in [2.24, 2.45) is 0 Å². The molecule has 1 heterocycles. The van der Waals surface area contributed by atoms with E-state index in [4.69, 9.17) is 21.1 Å². The van der Waals surface area contributed by atoms with Gasteiger partial charge in [0.15, 0.2) is 17.3 Å². The fraction of sp³-hybridized carbons (Fsp3) is 0.333. The topological polar surface area (TPSA) is 44.2 Å². The van der Waals surface area contributed by atoms with Gasteiger partial charge in [-0.1, -0.05) is 24.9 Å². The molecule has 0 spiro atoms. The quantitative estimate of drug-likeness (QED) is 0.724. The zero-order chi connectivity index (χ0) is 15.4. The predicted molar refractivity (Wildman–Crippen MR) is 87.3 cm³/mol. The summed E-state index contributed by atoms with van der Waals surface area (Å²) in [5.74, 6) is 1.83. The molecule has 0 aliphatic heterocycles. The normalized spacial score (nSPS) is 10.5. The summed E-state index contributed by atoms with van der Waals surface area (Å²) in [5.41, 5.74) is 1.74. The second kappa shape index (κ2) is 7.09. The predicted octanol–water partition coefficient (Wildman–Crippen LogP) is 4.53. The van der Waals surface area contributed by atoms with Crippen LogP contribution in [-0.2, 0) is 6.42 Å². The van der Waals surface area contributed by atoms with E-state index in [1.54, 1.807) is 20.3 Å². The number of halogens is 2. The van der Waals surface area contributed by atoms with Crippen LogP contribution in [0.3, 0.4) is 0 Å². The van der Waals surface area contributed by atoms with Crippen LogP contribution in [0.15, 0.2) is 22.7 Å². The highest BCUT2D eigenvalue weighted by Crippen LogP contribution is 2.37. The van der Waals surface area contributed by atoms with Gasteiger partial charge in [0.25, 0.3) is 0 Å². The van der Waals surface area contributed by atoms with Crippen LogP contribution in [0.1, 0.15) is 19.0 Å². The van der Waals surface area contributed by atoms with E-state index in [0.29, 0.717) is 22.5 Å². The molecule has 0 fully saturated rings. The molecule has 2 rings (SSSR count). The van der Waals surface area contributed by atoms with E-state index in [0.717, 1.165) is 28.6 Å². The Morgan fingerprint density at radius 2 is 1.76 bits per heavy atom. The SMILES string of the molecule is CCCc1cc(Cl)nc(-c2cc(OC)c(OC)cc2Br)n1. The first-order valence-corrected chi connectivity index (χ1v) is 7.71. The lowest BCUT2D eigenvalue weighted by molar-refractivity contribution is 0.355. The van der Waals surface area contributed by atoms with Gasteiger partial charge in [0.1, 0.15) is 5.15 Å². The summed E-state index contributed by atoms with van der Waals surface area (Å²) < 4.78 is 11.4. The lowest BCUT2D eigenvalue weighted by Crippen LogP contribution is -1.98. The Morgan fingerprint density at radius 1 is 1.10 bits per heavy atom. The third-order valence-corrected chi connectivity index (χ3v) is 3.82. The van der Waals surface area contributed by atoms with Crippen LogP contribution >= 0.6 is 27.5 Å². The number of nitrogens with zero attached hydrogens (tertiary/aromatic N) is 2. The molecule has 1 aromatic heterocycles. The van der Waals surface area contributed by atoms with Crippen LogP contribution < -0.4 is 9.47 Å². The van der Waals surface area contributed by atoms with Crippen LogP contribution in [0.5, 0.6) is 11.5 Å². The van der Waals surface area contributed by atoms with Gasteiger partial charge >= 0.3 is 0 Å². The maximum absolute atomic E-state index is 6.10. The van der Waals surface area contributed by atoms with Crippen LogP contribution in [0, 0.1) is 0 Å². The fourth-order valence-electron chi connectivity index (χ4n) is 1.99. The molecule has 112 valence electrons. The van der Waals surface area contributed by atoms with E-state index in [1.807, 2.05) is 12.1 Å². The molecule has 0 unspecified atom stereocenters. The molecule has 0 aliphatic carbocycles. The summed E-state index contributed by atoms with van der Waals surface area (Å²) in [4.78, 5) is 8.87. The van der Waals surface area contributed by atoms with Gasteiger partial charge in [0.05, 0.1) is 14.2 Å². The second-order valence-electron chi connectivity index (χ2n) is 4.44. The number of aromatic nitrogens is 2. The molecule has 0 bridgehead atoms. The Labute approximate surface area is 137 Å². The number of aryl methyl sites for hydroxylation is 1. The Bertz CT molecular complexity index is 650. The van der Waals surface area contributed by atoms with Gasteiger partial charge in [-0.3, -0.25) is 0 Å².